The summed E-state index contributed by atoms with van der Waals surface area (Å²) in [5, 5.41) is 10.4. The van der Waals surface area contributed by atoms with E-state index in [-0.39, 0.29) is 23.6 Å². The molecule has 1 unspecified atom stereocenters. The number of H-pyrrole nitrogens is 1. The minimum absolute atomic E-state index is 0.123. The summed E-state index contributed by atoms with van der Waals surface area (Å²) in [7, 11) is 3.25. The molecule has 2 aliphatic heterocycles. The lowest BCUT2D eigenvalue weighted by atomic mass is 9.92. The molecule has 3 amide bonds. The van der Waals surface area contributed by atoms with Gasteiger partial charge in [0.25, 0.3) is 5.91 Å². The van der Waals surface area contributed by atoms with Gasteiger partial charge in [-0.1, -0.05) is 35.9 Å². The van der Waals surface area contributed by atoms with Crippen molar-refractivity contribution in [3.63, 3.8) is 0 Å². The summed E-state index contributed by atoms with van der Waals surface area (Å²) in [6.45, 7) is 1.37. The van der Waals surface area contributed by atoms with Crippen LogP contribution in [0.15, 0.2) is 42.6 Å². The van der Waals surface area contributed by atoms with Crippen LogP contribution in [0.4, 0.5) is 0 Å². The number of likely N-dealkylation sites (tertiary alicyclic amines) is 1. The number of methoxy groups -OCH3 is 1. The maximum Gasteiger partial charge on any atom is 0.271 e. The molecule has 2 aliphatic rings. The number of piperidine rings is 1. The van der Waals surface area contributed by atoms with E-state index in [4.69, 9.17) is 16.3 Å². The molecular formula is C26H27ClN6O4. The topological polar surface area (TPSA) is 121 Å². The number of aromatic amines is 1. The van der Waals surface area contributed by atoms with E-state index in [1.807, 2.05) is 24.3 Å². The molecule has 2 aromatic heterocycles. The largest absolute Gasteiger partial charge is 0.481 e. The lowest BCUT2D eigenvalue weighted by molar-refractivity contribution is -0.138. The van der Waals surface area contributed by atoms with Crippen LogP contribution >= 0.6 is 11.6 Å². The number of ether oxygens (including phenoxy) is 1. The average molecular weight is 523 g/mol. The lowest BCUT2D eigenvalue weighted by Gasteiger charge is -2.34. The number of benzene rings is 1. The van der Waals surface area contributed by atoms with E-state index in [2.05, 4.69) is 20.5 Å². The van der Waals surface area contributed by atoms with Crippen LogP contribution in [0.2, 0.25) is 5.02 Å². The molecule has 192 valence electrons. The van der Waals surface area contributed by atoms with Crippen LogP contribution in [0, 0.1) is 5.92 Å². The molecule has 1 aromatic carbocycles. The second kappa shape index (κ2) is 10.2. The highest BCUT2D eigenvalue weighted by Gasteiger charge is 2.35. The molecule has 37 heavy (non-hydrogen) atoms. The number of halogens is 1. The average Bonchev–Trinajstić information content (AvgIpc) is 3.41. The second-order valence-electron chi connectivity index (χ2n) is 9.27. The SMILES string of the molecule is COc1cc(-c2cc(C(=O)N3CCC(C(=O)NC4C(=O)N(C)Cc5ccccc54)CC3)[nH]n2)c(Cl)cn1. The zero-order valence-electron chi connectivity index (χ0n) is 20.5. The van der Waals surface area contributed by atoms with E-state index < -0.39 is 6.04 Å². The minimum Gasteiger partial charge on any atom is -0.481 e. The Kier molecular flexibility index (Phi) is 6.84. The van der Waals surface area contributed by atoms with Gasteiger partial charge in [-0.2, -0.15) is 5.10 Å². The fourth-order valence-corrected chi connectivity index (χ4v) is 5.06. The summed E-state index contributed by atoms with van der Waals surface area (Å²) in [4.78, 5) is 46.4. The number of fused-ring (bicyclic) bond motifs is 1. The monoisotopic (exact) mass is 522 g/mol. The molecule has 2 N–H and O–H groups in total. The van der Waals surface area contributed by atoms with Gasteiger partial charge in [-0.15, -0.1) is 0 Å². The molecule has 0 saturated carbocycles. The zero-order chi connectivity index (χ0) is 26.1. The molecule has 0 radical (unpaired) electrons. The van der Waals surface area contributed by atoms with E-state index >= 15 is 0 Å². The highest BCUT2D eigenvalue weighted by molar-refractivity contribution is 6.33. The number of pyridine rings is 1. The Morgan fingerprint density at radius 2 is 1.95 bits per heavy atom. The van der Waals surface area contributed by atoms with Crippen molar-refractivity contribution in [3.8, 4) is 17.1 Å². The van der Waals surface area contributed by atoms with Gasteiger partial charge in [0.2, 0.25) is 17.7 Å². The summed E-state index contributed by atoms with van der Waals surface area (Å²) >= 11 is 6.26. The number of amides is 3. The number of hydrogen-bond acceptors (Lipinski definition) is 6. The Labute approximate surface area is 219 Å². The molecule has 4 heterocycles. The maximum absolute atomic E-state index is 13.1. The molecule has 0 bridgehead atoms. The van der Waals surface area contributed by atoms with Crippen molar-refractivity contribution in [1.82, 2.24) is 30.3 Å². The summed E-state index contributed by atoms with van der Waals surface area (Å²) in [5.41, 5.74) is 3.31. The number of rotatable bonds is 5. The number of likely N-dealkylation sites (N-methyl/N-ethyl adjacent to an activating group) is 1. The van der Waals surface area contributed by atoms with Gasteiger partial charge < -0.3 is 19.9 Å². The number of nitrogens with zero attached hydrogens (tertiary/aromatic N) is 4. The van der Waals surface area contributed by atoms with Gasteiger partial charge in [-0.3, -0.25) is 19.5 Å². The first kappa shape index (κ1) is 24.8. The van der Waals surface area contributed by atoms with Crippen LogP contribution in [0.1, 0.15) is 40.5 Å². The van der Waals surface area contributed by atoms with Crippen molar-refractivity contribution < 1.29 is 19.1 Å². The van der Waals surface area contributed by atoms with Crippen molar-refractivity contribution in [3.05, 3.63) is 64.4 Å². The number of carbonyl (C=O) groups is 3. The Balaban J connectivity index is 1.21. The number of nitrogens with one attached hydrogen (secondary N) is 2. The fourth-order valence-electron chi connectivity index (χ4n) is 4.86. The number of carbonyl (C=O) groups excluding carboxylic acids is 3. The molecule has 0 spiro atoms. The molecule has 11 heteroatoms. The third kappa shape index (κ3) is 4.89. The van der Waals surface area contributed by atoms with Gasteiger partial charge in [0.1, 0.15) is 11.7 Å². The lowest BCUT2D eigenvalue weighted by Crippen LogP contribution is -2.48. The zero-order valence-corrected chi connectivity index (χ0v) is 21.3. The first-order valence-corrected chi connectivity index (χ1v) is 12.4. The summed E-state index contributed by atoms with van der Waals surface area (Å²) in [6, 6.07) is 10.3. The molecule has 1 saturated heterocycles. The third-order valence-electron chi connectivity index (χ3n) is 6.96. The van der Waals surface area contributed by atoms with Gasteiger partial charge in [0.15, 0.2) is 0 Å². The van der Waals surface area contributed by atoms with Crippen LogP contribution in [-0.2, 0) is 16.1 Å². The Hall–Kier alpha value is -3.92. The van der Waals surface area contributed by atoms with Crippen LogP contribution in [0.25, 0.3) is 11.3 Å². The van der Waals surface area contributed by atoms with Gasteiger partial charge in [0.05, 0.1) is 24.0 Å². The Morgan fingerprint density at radius 1 is 1.19 bits per heavy atom. The van der Waals surface area contributed by atoms with E-state index in [1.54, 1.807) is 29.0 Å². The van der Waals surface area contributed by atoms with Crippen LogP contribution < -0.4 is 10.1 Å². The molecule has 1 fully saturated rings. The highest BCUT2D eigenvalue weighted by atomic mass is 35.5. The third-order valence-corrected chi connectivity index (χ3v) is 7.26. The number of aromatic nitrogens is 3. The van der Waals surface area contributed by atoms with Crippen molar-refractivity contribution >= 4 is 29.3 Å². The quantitative estimate of drug-likeness (QED) is 0.531. The molecule has 3 aromatic rings. The molecule has 0 aliphatic carbocycles. The maximum atomic E-state index is 13.1. The first-order valence-electron chi connectivity index (χ1n) is 12.0. The van der Waals surface area contributed by atoms with E-state index in [0.717, 1.165) is 11.1 Å². The van der Waals surface area contributed by atoms with Crippen molar-refractivity contribution in [2.24, 2.45) is 5.92 Å². The fraction of sp³-hybridized carbons (Fsp3) is 0.346. The van der Waals surface area contributed by atoms with E-state index in [1.165, 1.54) is 13.3 Å². The Bertz CT molecular complexity index is 1350. The van der Waals surface area contributed by atoms with Crippen LogP contribution in [0.3, 0.4) is 0 Å². The van der Waals surface area contributed by atoms with Crippen LogP contribution in [-0.4, -0.2) is 69.9 Å². The number of hydrogen-bond donors (Lipinski definition) is 2. The summed E-state index contributed by atoms with van der Waals surface area (Å²) in [6.07, 6.45) is 2.48. The minimum atomic E-state index is -0.691. The molecular weight excluding hydrogens is 496 g/mol. The van der Waals surface area contributed by atoms with Gasteiger partial charge in [0, 0.05) is 44.2 Å². The second-order valence-corrected chi connectivity index (χ2v) is 9.68. The summed E-state index contributed by atoms with van der Waals surface area (Å²) < 4.78 is 5.15. The smallest absolute Gasteiger partial charge is 0.271 e. The predicted molar refractivity (Wildman–Crippen MR) is 136 cm³/mol. The highest BCUT2D eigenvalue weighted by Crippen LogP contribution is 2.30. The van der Waals surface area contributed by atoms with Crippen molar-refractivity contribution in [1.29, 1.82) is 0 Å². The van der Waals surface area contributed by atoms with Gasteiger partial charge >= 0.3 is 0 Å². The summed E-state index contributed by atoms with van der Waals surface area (Å²) in [5.74, 6) is -0.382. The first-order chi connectivity index (χ1) is 17.9. The normalized spacial score (nSPS) is 17.9. The molecule has 1 atom stereocenters. The van der Waals surface area contributed by atoms with Gasteiger partial charge in [-0.25, -0.2) is 4.98 Å². The van der Waals surface area contributed by atoms with Gasteiger partial charge in [-0.05, 0) is 30.0 Å². The van der Waals surface area contributed by atoms with Crippen molar-refractivity contribution in [2.75, 3.05) is 27.2 Å². The molecule has 5 rings (SSSR count). The van der Waals surface area contributed by atoms with E-state index in [9.17, 15) is 14.4 Å². The Morgan fingerprint density at radius 3 is 2.70 bits per heavy atom. The van der Waals surface area contributed by atoms with Crippen molar-refractivity contribution in [2.45, 2.75) is 25.4 Å². The predicted octanol–water partition coefficient (Wildman–Crippen LogP) is 2.82. The van der Waals surface area contributed by atoms with Crippen LogP contribution in [0.5, 0.6) is 5.88 Å². The van der Waals surface area contributed by atoms with E-state index in [0.29, 0.717) is 60.3 Å². The standard InChI is InChI=1S/C26H27ClN6O4/c1-32-14-16-5-3-4-6-17(16)23(26(32)36)29-24(34)15-7-9-33(10-8-15)25(35)21-12-20(30-31-21)18-11-22(37-2)28-13-19(18)27/h3-6,11-13,15,23H,7-10,14H2,1-2H3,(H,29,34)(H,30,31). The molecule has 10 nitrogen and oxygen atoms in total.